The summed E-state index contributed by atoms with van der Waals surface area (Å²) in [4.78, 5) is 26.2. The van der Waals surface area contributed by atoms with Gasteiger partial charge in [-0.25, -0.2) is 14.8 Å². The molecule has 0 aliphatic heterocycles. The Bertz CT molecular complexity index is 1630. The number of ether oxygens (including phenoxy) is 1. The SMILES string of the molecule is CCNc1ncc(-c2ccc(Oc3ccc(NC(=O)Nc4cc(C(F)(F)F)cnc4-c4ccccc4)cn3)cc2)s1. The van der Waals surface area contributed by atoms with Crippen LogP contribution in [-0.4, -0.2) is 27.5 Å². The fourth-order valence-electron chi connectivity index (χ4n) is 3.79. The molecule has 2 amide bonds. The van der Waals surface area contributed by atoms with Crippen molar-refractivity contribution in [1.29, 1.82) is 0 Å². The number of hydrogen-bond donors (Lipinski definition) is 3. The van der Waals surface area contributed by atoms with Crippen molar-refractivity contribution in [2.75, 3.05) is 22.5 Å². The molecule has 0 aliphatic rings. The molecule has 5 aromatic rings. The molecule has 0 saturated heterocycles. The number of thiazole rings is 1. The molecule has 0 bridgehead atoms. The first-order chi connectivity index (χ1) is 19.8. The highest BCUT2D eigenvalue weighted by atomic mass is 32.1. The van der Waals surface area contributed by atoms with Crippen molar-refractivity contribution >= 4 is 33.9 Å². The van der Waals surface area contributed by atoms with E-state index in [1.807, 2.05) is 37.4 Å². The lowest BCUT2D eigenvalue weighted by atomic mass is 10.1. The molecule has 3 heterocycles. The summed E-state index contributed by atoms with van der Waals surface area (Å²) in [7, 11) is 0. The van der Waals surface area contributed by atoms with Crippen LogP contribution in [0.25, 0.3) is 21.7 Å². The zero-order valence-corrected chi connectivity index (χ0v) is 22.4. The average Bonchev–Trinajstić information content (AvgIpc) is 3.43. The predicted octanol–water partition coefficient (Wildman–Crippen LogP) is 8.15. The van der Waals surface area contributed by atoms with Crippen LogP contribution in [0.4, 0.5) is 34.5 Å². The number of pyridine rings is 2. The summed E-state index contributed by atoms with van der Waals surface area (Å²) in [5, 5.41) is 9.09. The lowest BCUT2D eigenvalue weighted by molar-refractivity contribution is -0.137. The second-order valence-corrected chi connectivity index (χ2v) is 9.67. The minimum atomic E-state index is -4.62. The molecule has 0 radical (unpaired) electrons. The van der Waals surface area contributed by atoms with Gasteiger partial charge in [-0.3, -0.25) is 4.98 Å². The van der Waals surface area contributed by atoms with E-state index in [9.17, 15) is 18.0 Å². The summed E-state index contributed by atoms with van der Waals surface area (Å²) < 4.78 is 45.7. The Morgan fingerprint density at radius 3 is 2.34 bits per heavy atom. The Kier molecular flexibility index (Phi) is 8.11. The number of aromatic nitrogens is 3. The predicted molar refractivity (Wildman–Crippen MR) is 153 cm³/mol. The molecule has 8 nitrogen and oxygen atoms in total. The van der Waals surface area contributed by atoms with Crippen LogP contribution < -0.4 is 20.7 Å². The third-order valence-electron chi connectivity index (χ3n) is 5.70. The number of urea groups is 1. The number of alkyl halides is 3. The van der Waals surface area contributed by atoms with Crippen molar-refractivity contribution in [2.45, 2.75) is 13.1 Å². The Morgan fingerprint density at radius 2 is 1.66 bits per heavy atom. The van der Waals surface area contributed by atoms with E-state index in [1.54, 1.807) is 53.8 Å². The standard InChI is InChI=1S/C29H23F3N6O2S/c1-2-33-28-36-17-24(41-28)18-8-11-22(12-9-18)40-25-13-10-21(16-34-25)37-27(39)38-23-14-20(29(30,31)32)15-35-26(23)19-6-4-3-5-7-19/h3-17H,2H2,1H3,(H,33,36)(H2,37,38,39). The summed E-state index contributed by atoms with van der Waals surface area (Å²) >= 11 is 1.56. The van der Waals surface area contributed by atoms with Crippen LogP contribution in [0.5, 0.6) is 11.6 Å². The van der Waals surface area contributed by atoms with Gasteiger partial charge in [0.1, 0.15) is 5.75 Å². The van der Waals surface area contributed by atoms with Crippen LogP contribution in [0.15, 0.2) is 91.4 Å². The Balaban J connectivity index is 1.23. The van der Waals surface area contributed by atoms with E-state index >= 15 is 0 Å². The summed E-state index contributed by atoms with van der Waals surface area (Å²) in [5.74, 6) is 0.867. The van der Waals surface area contributed by atoms with Gasteiger partial charge in [0.15, 0.2) is 5.13 Å². The molecule has 0 atom stereocenters. The quantitative estimate of drug-likeness (QED) is 0.172. The van der Waals surface area contributed by atoms with Crippen molar-refractivity contribution in [3.8, 4) is 33.3 Å². The molecule has 12 heteroatoms. The third-order valence-corrected chi connectivity index (χ3v) is 6.70. The summed E-state index contributed by atoms with van der Waals surface area (Å²) in [6.07, 6.45) is -0.687. The van der Waals surface area contributed by atoms with Gasteiger partial charge in [-0.1, -0.05) is 41.7 Å². The van der Waals surface area contributed by atoms with Gasteiger partial charge in [-0.05, 0) is 48.9 Å². The minimum absolute atomic E-state index is 0.0870. The normalized spacial score (nSPS) is 11.1. The van der Waals surface area contributed by atoms with Crippen LogP contribution in [0, 0.1) is 0 Å². The zero-order valence-electron chi connectivity index (χ0n) is 21.6. The van der Waals surface area contributed by atoms with Gasteiger partial charge in [0.2, 0.25) is 5.88 Å². The van der Waals surface area contributed by atoms with E-state index in [1.165, 1.54) is 6.20 Å². The zero-order chi connectivity index (χ0) is 28.8. The van der Waals surface area contributed by atoms with Gasteiger partial charge in [0.25, 0.3) is 0 Å². The smallest absolute Gasteiger partial charge is 0.417 e. The first kappa shape index (κ1) is 27.6. The maximum Gasteiger partial charge on any atom is 0.417 e. The molecule has 0 aliphatic carbocycles. The van der Waals surface area contributed by atoms with Crippen LogP contribution in [0.1, 0.15) is 12.5 Å². The molecule has 41 heavy (non-hydrogen) atoms. The number of hydrogen-bond acceptors (Lipinski definition) is 7. The fourth-order valence-corrected chi connectivity index (χ4v) is 4.68. The van der Waals surface area contributed by atoms with Gasteiger partial charge in [-0.15, -0.1) is 0 Å². The van der Waals surface area contributed by atoms with Crippen molar-refractivity contribution < 1.29 is 22.7 Å². The van der Waals surface area contributed by atoms with Crippen LogP contribution >= 0.6 is 11.3 Å². The average molecular weight is 577 g/mol. The van der Waals surface area contributed by atoms with Gasteiger partial charge >= 0.3 is 12.2 Å². The molecule has 0 fully saturated rings. The topological polar surface area (TPSA) is 101 Å². The van der Waals surface area contributed by atoms with Crippen LogP contribution in [-0.2, 0) is 6.18 Å². The van der Waals surface area contributed by atoms with Gasteiger partial charge in [0.05, 0.1) is 33.7 Å². The Morgan fingerprint density at radius 1 is 0.878 bits per heavy atom. The van der Waals surface area contributed by atoms with Crippen LogP contribution in [0.2, 0.25) is 0 Å². The number of amides is 2. The number of nitrogens with zero attached hydrogens (tertiary/aromatic N) is 3. The number of anilines is 3. The Hall–Kier alpha value is -4.97. The van der Waals surface area contributed by atoms with E-state index < -0.39 is 17.8 Å². The molecular formula is C29H23F3N6O2S. The van der Waals surface area contributed by atoms with E-state index in [4.69, 9.17) is 4.74 Å². The number of carbonyl (C=O) groups excluding carboxylic acids is 1. The molecular weight excluding hydrogens is 553 g/mol. The Labute approximate surface area is 237 Å². The van der Waals surface area contributed by atoms with Gasteiger partial charge in [0, 0.05) is 30.6 Å². The molecule has 0 saturated carbocycles. The van der Waals surface area contributed by atoms with E-state index in [-0.39, 0.29) is 11.4 Å². The second kappa shape index (κ2) is 12.0. The minimum Gasteiger partial charge on any atom is -0.439 e. The summed E-state index contributed by atoms with van der Waals surface area (Å²) in [5.41, 5.74) is 1.01. The van der Waals surface area contributed by atoms with Crippen molar-refractivity contribution in [3.05, 3.63) is 97.0 Å². The second-order valence-electron chi connectivity index (χ2n) is 8.63. The number of carbonyl (C=O) groups is 1. The maximum absolute atomic E-state index is 13.3. The molecule has 2 aromatic carbocycles. The number of nitrogens with one attached hydrogen (secondary N) is 3. The molecule has 3 aromatic heterocycles. The maximum atomic E-state index is 13.3. The van der Waals surface area contributed by atoms with Crippen LogP contribution in [0.3, 0.4) is 0 Å². The lowest BCUT2D eigenvalue weighted by Gasteiger charge is -2.14. The molecule has 3 N–H and O–H groups in total. The molecule has 0 spiro atoms. The first-order valence-electron chi connectivity index (χ1n) is 12.4. The highest BCUT2D eigenvalue weighted by Gasteiger charge is 2.32. The number of halogens is 3. The van der Waals surface area contributed by atoms with Gasteiger partial charge < -0.3 is 20.7 Å². The number of rotatable bonds is 8. The first-order valence-corrected chi connectivity index (χ1v) is 13.2. The summed E-state index contributed by atoms with van der Waals surface area (Å²) in [6, 6.07) is 19.3. The van der Waals surface area contributed by atoms with E-state index in [0.717, 1.165) is 34.4 Å². The molecule has 208 valence electrons. The van der Waals surface area contributed by atoms with Gasteiger partial charge in [-0.2, -0.15) is 13.2 Å². The lowest BCUT2D eigenvalue weighted by Crippen LogP contribution is -2.21. The summed E-state index contributed by atoms with van der Waals surface area (Å²) in [6.45, 7) is 2.81. The molecule has 0 unspecified atom stereocenters. The van der Waals surface area contributed by atoms with E-state index in [0.29, 0.717) is 22.9 Å². The molecule has 5 rings (SSSR count). The third kappa shape index (κ3) is 6.97. The van der Waals surface area contributed by atoms with Crippen molar-refractivity contribution in [2.24, 2.45) is 0 Å². The fraction of sp³-hybridized carbons (Fsp3) is 0.103. The number of benzene rings is 2. The van der Waals surface area contributed by atoms with Crippen molar-refractivity contribution in [3.63, 3.8) is 0 Å². The highest BCUT2D eigenvalue weighted by Crippen LogP contribution is 2.35. The monoisotopic (exact) mass is 576 g/mol. The largest absolute Gasteiger partial charge is 0.439 e. The van der Waals surface area contributed by atoms with Crippen molar-refractivity contribution in [1.82, 2.24) is 15.0 Å². The van der Waals surface area contributed by atoms with E-state index in [2.05, 4.69) is 30.9 Å². The highest BCUT2D eigenvalue weighted by molar-refractivity contribution is 7.18.